The Balaban J connectivity index is 1.39. The molecule has 0 bridgehead atoms. The van der Waals surface area contributed by atoms with E-state index in [2.05, 4.69) is 20.7 Å². The Labute approximate surface area is 181 Å². The van der Waals surface area contributed by atoms with Gasteiger partial charge in [0.1, 0.15) is 5.82 Å². The van der Waals surface area contributed by atoms with Crippen molar-refractivity contribution in [3.63, 3.8) is 0 Å². The number of hydrogen-bond donors (Lipinski definition) is 2. The van der Waals surface area contributed by atoms with Crippen molar-refractivity contribution in [3.8, 4) is 11.4 Å². The molecule has 0 saturated heterocycles. The SMILES string of the molecule is Cc1cccc(C)c1NC(=O)C(=O)NCCc1csc2nc(-c3ccccc3F)nn12. The molecule has 0 aliphatic carbocycles. The minimum Gasteiger partial charge on any atom is -0.347 e. The predicted molar refractivity (Wildman–Crippen MR) is 118 cm³/mol. The third-order valence-corrected chi connectivity index (χ3v) is 5.72. The van der Waals surface area contributed by atoms with Crippen LogP contribution in [-0.4, -0.2) is 33.0 Å². The number of aryl methyl sites for hydroxylation is 2. The van der Waals surface area contributed by atoms with E-state index in [0.29, 0.717) is 28.5 Å². The van der Waals surface area contributed by atoms with Gasteiger partial charge in [0.2, 0.25) is 4.96 Å². The van der Waals surface area contributed by atoms with Crippen molar-refractivity contribution in [2.24, 2.45) is 0 Å². The van der Waals surface area contributed by atoms with Crippen molar-refractivity contribution < 1.29 is 14.0 Å². The number of anilines is 1. The van der Waals surface area contributed by atoms with E-state index in [4.69, 9.17) is 0 Å². The van der Waals surface area contributed by atoms with Gasteiger partial charge in [-0.2, -0.15) is 4.98 Å². The number of aromatic nitrogens is 3. The normalized spacial score (nSPS) is 10.9. The Bertz CT molecular complexity index is 1260. The third-order valence-electron chi connectivity index (χ3n) is 4.86. The van der Waals surface area contributed by atoms with E-state index in [1.807, 2.05) is 37.4 Å². The van der Waals surface area contributed by atoms with Crippen molar-refractivity contribution >= 4 is 33.8 Å². The van der Waals surface area contributed by atoms with E-state index in [0.717, 1.165) is 16.8 Å². The maximum absolute atomic E-state index is 14.0. The first-order valence-corrected chi connectivity index (χ1v) is 10.6. The summed E-state index contributed by atoms with van der Waals surface area (Å²) in [7, 11) is 0. The second-order valence-electron chi connectivity index (χ2n) is 7.06. The topological polar surface area (TPSA) is 88.4 Å². The summed E-state index contributed by atoms with van der Waals surface area (Å²) in [4.78, 5) is 29.4. The van der Waals surface area contributed by atoms with Crippen molar-refractivity contribution in [3.05, 3.63) is 70.5 Å². The van der Waals surface area contributed by atoms with Gasteiger partial charge < -0.3 is 10.6 Å². The number of nitrogens with one attached hydrogen (secondary N) is 2. The van der Waals surface area contributed by atoms with Crippen LogP contribution in [0, 0.1) is 19.7 Å². The summed E-state index contributed by atoms with van der Waals surface area (Å²) in [5.41, 5.74) is 3.56. The highest BCUT2D eigenvalue weighted by molar-refractivity contribution is 7.15. The minimum absolute atomic E-state index is 0.250. The molecule has 2 heterocycles. The zero-order valence-corrected chi connectivity index (χ0v) is 17.8. The van der Waals surface area contributed by atoms with Crippen LogP contribution in [0.1, 0.15) is 16.8 Å². The number of thiazole rings is 1. The van der Waals surface area contributed by atoms with Gasteiger partial charge in [-0.25, -0.2) is 8.91 Å². The predicted octanol–water partition coefficient (Wildman–Crippen LogP) is 3.51. The van der Waals surface area contributed by atoms with Gasteiger partial charge in [0.15, 0.2) is 5.82 Å². The highest BCUT2D eigenvalue weighted by Gasteiger charge is 2.17. The number of halogens is 1. The molecule has 0 aliphatic heterocycles. The number of amides is 2. The Kier molecular flexibility index (Phi) is 5.77. The first-order valence-electron chi connectivity index (χ1n) is 9.67. The molecule has 0 aliphatic rings. The number of benzene rings is 2. The number of fused-ring (bicyclic) bond motifs is 1. The summed E-state index contributed by atoms with van der Waals surface area (Å²) in [5.74, 6) is -1.50. The average molecular weight is 438 g/mol. The molecule has 7 nitrogen and oxygen atoms in total. The van der Waals surface area contributed by atoms with Crippen LogP contribution < -0.4 is 10.6 Å². The number of nitrogens with zero attached hydrogens (tertiary/aromatic N) is 3. The van der Waals surface area contributed by atoms with E-state index >= 15 is 0 Å². The molecule has 0 atom stereocenters. The molecule has 4 aromatic rings. The van der Waals surface area contributed by atoms with Crippen LogP contribution in [0.4, 0.5) is 10.1 Å². The van der Waals surface area contributed by atoms with Gasteiger partial charge in [0, 0.05) is 24.0 Å². The zero-order chi connectivity index (χ0) is 22.0. The summed E-state index contributed by atoms with van der Waals surface area (Å²) in [5, 5.41) is 11.6. The molecule has 0 radical (unpaired) electrons. The zero-order valence-electron chi connectivity index (χ0n) is 17.0. The van der Waals surface area contributed by atoms with Crippen molar-refractivity contribution in [1.82, 2.24) is 19.9 Å². The van der Waals surface area contributed by atoms with Crippen LogP contribution in [-0.2, 0) is 16.0 Å². The Morgan fingerprint density at radius 3 is 2.55 bits per heavy atom. The molecule has 0 fully saturated rings. The van der Waals surface area contributed by atoms with Gasteiger partial charge >= 0.3 is 11.8 Å². The number of rotatable bonds is 5. The van der Waals surface area contributed by atoms with Crippen molar-refractivity contribution in [1.29, 1.82) is 0 Å². The monoisotopic (exact) mass is 437 g/mol. The fourth-order valence-corrected chi connectivity index (χ4v) is 4.08. The molecule has 158 valence electrons. The van der Waals surface area contributed by atoms with Crippen LogP contribution in [0.25, 0.3) is 16.3 Å². The fourth-order valence-electron chi connectivity index (χ4n) is 3.22. The van der Waals surface area contributed by atoms with Gasteiger partial charge in [-0.1, -0.05) is 30.3 Å². The fraction of sp³-hybridized carbons (Fsp3) is 0.182. The smallest absolute Gasteiger partial charge is 0.313 e. The van der Waals surface area contributed by atoms with E-state index in [1.54, 1.807) is 22.7 Å². The second-order valence-corrected chi connectivity index (χ2v) is 7.90. The largest absolute Gasteiger partial charge is 0.347 e. The summed E-state index contributed by atoms with van der Waals surface area (Å²) in [6.45, 7) is 3.99. The minimum atomic E-state index is -0.713. The van der Waals surface area contributed by atoms with E-state index in [-0.39, 0.29) is 12.4 Å². The van der Waals surface area contributed by atoms with Crippen molar-refractivity contribution in [2.75, 3.05) is 11.9 Å². The summed E-state index contributed by atoms with van der Waals surface area (Å²) >= 11 is 1.38. The van der Waals surface area contributed by atoms with Gasteiger partial charge in [-0.3, -0.25) is 9.59 Å². The van der Waals surface area contributed by atoms with Crippen LogP contribution in [0.3, 0.4) is 0 Å². The molecule has 0 saturated carbocycles. The summed E-state index contributed by atoms with van der Waals surface area (Å²) in [6, 6.07) is 12.0. The Morgan fingerprint density at radius 1 is 1.06 bits per heavy atom. The molecular weight excluding hydrogens is 417 g/mol. The molecule has 0 spiro atoms. The number of hydrogen-bond acceptors (Lipinski definition) is 5. The highest BCUT2D eigenvalue weighted by Crippen LogP contribution is 2.23. The van der Waals surface area contributed by atoms with Crippen LogP contribution in [0.2, 0.25) is 0 Å². The van der Waals surface area contributed by atoms with E-state index in [9.17, 15) is 14.0 Å². The number of carbonyl (C=O) groups excluding carboxylic acids is 2. The lowest BCUT2D eigenvalue weighted by atomic mass is 10.1. The van der Waals surface area contributed by atoms with Crippen LogP contribution in [0.5, 0.6) is 0 Å². The van der Waals surface area contributed by atoms with Gasteiger partial charge in [-0.15, -0.1) is 16.4 Å². The molecular formula is C22H20FN5O2S. The number of para-hydroxylation sites is 1. The average Bonchev–Trinajstić information content (AvgIpc) is 3.32. The lowest BCUT2D eigenvalue weighted by Crippen LogP contribution is -2.36. The lowest BCUT2D eigenvalue weighted by molar-refractivity contribution is -0.136. The van der Waals surface area contributed by atoms with Crippen molar-refractivity contribution in [2.45, 2.75) is 20.3 Å². The number of carbonyl (C=O) groups is 2. The molecule has 2 N–H and O–H groups in total. The molecule has 2 amide bonds. The first kappa shape index (κ1) is 20.7. The maximum atomic E-state index is 14.0. The molecule has 2 aromatic heterocycles. The lowest BCUT2D eigenvalue weighted by Gasteiger charge is -2.11. The molecule has 4 rings (SSSR count). The second kappa shape index (κ2) is 8.65. The quantitative estimate of drug-likeness (QED) is 0.468. The first-order chi connectivity index (χ1) is 14.9. The van der Waals surface area contributed by atoms with Gasteiger partial charge in [-0.05, 0) is 37.1 Å². The molecule has 2 aromatic carbocycles. The maximum Gasteiger partial charge on any atom is 0.313 e. The Hall–Kier alpha value is -3.59. The van der Waals surface area contributed by atoms with Crippen LogP contribution in [0.15, 0.2) is 47.8 Å². The van der Waals surface area contributed by atoms with E-state index < -0.39 is 11.8 Å². The standard InChI is InChI=1S/C22H20FN5O2S/c1-13-6-5-7-14(2)18(13)25-21(30)20(29)24-11-10-15-12-31-22-26-19(27-28(15)22)16-8-3-4-9-17(16)23/h3-9,12H,10-11H2,1-2H3,(H,24,29)(H,25,30). The Morgan fingerprint density at radius 2 is 1.81 bits per heavy atom. The highest BCUT2D eigenvalue weighted by atomic mass is 32.1. The summed E-state index contributed by atoms with van der Waals surface area (Å²) in [6.07, 6.45) is 0.447. The van der Waals surface area contributed by atoms with Crippen LogP contribution >= 0.6 is 11.3 Å². The molecule has 31 heavy (non-hydrogen) atoms. The van der Waals surface area contributed by atoms with Gasteiger partial charge in [0.05, 0.1) is 11.3 Å². The summed E-state index contributed by atoms with van der Waals surface area (Å²) < 4.78 is 15.6. The van der Waals surface area contributed by atoms with E-state index in [1.165, 1.54) is 17.4 Å². The molecule has 0 unspecified atom stereocenters. The van der Waals surface area contributed by atoms with Gasteiger partial charge in [0.25, 0.3) is 0 Å². The molecule has 9 heteroatoms. The third kappa shape index (κ3) is 4.31.